The summed E-state index contributed by atoms with van der Waals surface area (Å²) in [6, 6.07) is -0.387. The van der Waals surface area contributed by atoms with Gasteiger partial charge in [0.05, 0.1) is 25.4 Å². The molecule has 0 radical (unpaired) electrons. The van der Waals surface area contributed by atoms with Gasteiger partial charge in [0.1, 0.15) is 6.10 Å². The van der Waals surface area contributed by atoms with Crippen molar-refractivity contribution >= 4 is 0 Å². The Balaban J connectivity index is 2.27. The minimum Gasteiger partial charge on any atom is -0.389 e. The third kappa shape index (κ3) is 2.62. The molecule has 0 aromatic carbocycles. The lowest BCUT2D eigenvalue weighted by Gasteiger charge is -2.16. The quantitative estimate of drug-likeness (QED) is 0.469. The van der Waals surface area contributed by atoms with E-state index in [-0.39, 0.29) is 12.1 Å². The Morgan fingerprint density at radius 3 is 2.46 bits per heavy atom. The summed E-state index contributed by atoms with van der Waals surface area (Å²) in [5.41, 5.74) is 5.54. The molecule has 1 aliphatic carbocycles. The molecular formula is C8H17NO4. The predicted molar refractivity (Wildman–Crippen MR) is 46.2 cm³/mol. The second-order valence-corrected chi connectivity index (χ2v) is 3.28. The zero-order chi connectivity index (χ0) is 9.84. The molecule has 4 N–H and O–H groups in total. The van der Waals surface area contributed by atoms with E-state index in [1.54, 1.807) is 7.11 Å². The van der Waals surface area contributed by atoms with Gasteiger partial charge in [0.25, 0.3) is 0 Å². The number of methoxy groups -OCH3 is 1. The van der Waals surface area contributed by atoms with Crippen LogP contribution < -0.4 is 5.73 Å². The van der Waals surface area contributed by atoms with Gasteiger partial charge in [-0.25, -0.2) is 0 Å². The molecule has 5 heteroatoms. The molecule has 13 heavy (non-hydrogen) atoms. The number of hydrogen-bond acceptors (Lipinski definition) is 5. The SMILES string of the molecule is COCCO[C@H]1C[C@@H](N)[C@H](O)[C@@H]1O. The van der Waals surface area contributed by atoms with Gasteiger partial charge in [0, 0.05) is 13.2 Å². The van der Waals surface area contributed by atoms with Crippen molar-refractivity contribution < 1.29 is 19.7 Å². The molecule has 1 saturated carbocycles. The first-order valence-electron chi connectivity index (χ1n) is 4.39. The number of aliphatic hydroxyl groups excluding tert-OH is 2. The van der Waals surface area contributed by atoms with Gasteiger partial charge < -0.3 is 25.4 Å². The maximum atomic E-state index is 9.43. The molecule has 0 unspecified atom stereocenters. The Bertz CT molecular complexity index is 155. The maximum absolute atomic E-state index is 9.43. The van der Waals surface area contributed by atoms with Crippen LogP contribution in [0.25, 0.3) is 0 Å². The largest absolute Gasteiger partial charge is 0.389 e. The van der Waals surface area contributed by atoms with Gasteiger partial charge in [-0.15, -0.1) is 0 Å². The predicted octanol–water partition coefficient (Wildman–Crippen LogP) is -1.53. The number of aliphatic hydroxyl groups is 2. The van der Waals surface area contributed by atoms with Gasteiger partial charge in [0.15, 0.2) is 0 Å². The van der Waals surface area contributed by atoms with Crippen molar-refractivity contribution in [1.82, 2.24) is 0 Å². The van der Waals surface area contributed by atoms with E-state index in [2.05, 4.69) is 0 Å². The Morgan fingerprint density at radius 2 is 2.00 bits per heavy atom. The highest BCUT2D eigenvalue weighted by Crippen LogP contribution is 2.21. The topological polar surface area (TPSA) is 84.9 Å². The van der Waals surface area contributed by atoms with Crippen LogP contribution in [-0.4, -0.2) is 54.9 Å². The van der Waals surface area contributed by atoms with Gasteiger partial charge in [-0.2, -0.15) is 0 Å². The van der Waals surface area contributed by atoms with Crippen molar-refractivity contribution in [2.45, 2.75) is 30.8 Å². The smallest absolute Gasteiger partial charge is 0.108 e. The highest BCUT2D eigenvalue weighted by Gasteiger charge is 2.39. The van der Waals surface area contributed by atoms with E-state index in [1.807, 2.05) is 0 Å². The van der Waals surface area contributed by atoms with Crippen LogP contribution in [0.2, 0.25) is 0 Å². The standard InChI is InChI=1S/C8H17NO4/c1-12-2-3-13-6-4-5(9)7(10)8(6)11/h5-8,10-11H,2-4,9H2,1H3/t5-,6+,7+,8-/m1/s1. The second kappa shape index (κ2) is 4.88. The third-order valence-corrected chi connectivity index (χ3v) is 2.29. The molecular weight excluding hydrogens is 174 g/mol. The van der Waals surface area contributed by atoms with E-state index in [9.17, 15) is 10.2 Å². The van der Waals surface area contributed by atoms with Crippen molar-refractivity contribution in [2.75, 3.05) is 20.3 Å². The van der Waals surface area contributed by atoms with Crippen molar-refractivity contribution in [3.8, 4) is 0 Å². The van der Waals surface area contributed by atoms with Crippen LogP contribution in [0.4, 0.5) is 0 Å². The Hall–Kier alpha value is -0.200. The van der Waals surface area contributed by atoms with Gasteiger partial charge in [-0.3, -0.25) is 0 Å². The van der Waals surface area contributed by atoms with Crippen LogP contribution in [0.3, 0.4) is 0 Å². The first kappa shape index (κ1) is 10.9. The number of nitrogens with two attached hydrogens (primary N) is 1. The summed E-state index contributed by atoms with van der Waals surface area (Å²) in [5.74, 6) is 0. The average molecular weight is 191 g/mol. The minimum atomic E-state index is -0.869. The summed E-state index contributed by atoms with van der Waals surface area (Å²) in [7, 11) is 1.58. The van der Waals surface area contributed by atoms with Crippen LogP contribution in [0.15, 0.2) is 0 Å². The minimum absolute atomic E-state index is 0.361. The summed E-state index contributed by atoms with van der Waals surface area (Å²) in [5, 5.41) is 18.7. The fourth-order valence-electron chi connectivity index (χ4n) is 1.47. The molecule has 0 aliphatic heterocycles. The van der Waals surface area contributed by atoms with Gasteiger partial charge >= 0.3 is 0 Å². The van der Waals surface area contributed by atoms with Crippen molar-refractivity contribution in [2.24, 2.45) is 5.73 Å². The average Bonchev–Trinajstić information content (AvgIpc) is 2.34. The van der Waals surface area contributed by atoms with E-state index >= 15 is 0 Å². The second-order valence-electron chi connectivity index (χ2n) is 3.28. The number of rotatable bonds is 4. The maximum Gasteiger partial charge on any atom is 0.108 e. The van der Waals surface area contributed by atoms with Crippen LogP contribution in [0, 0.1) is 0 Å². The first-order chi connectivity index (χ1) is 6.16. The van der Waals surface area contributed by atoms with Crippen molar-refractivity contribution in [3.63, 3.8) is 0 Å². The van der Waals surface area contributed by atoms with Crippen LogP contribution >= 0.6 is 0 Å². The van der Waals surface area contributed by atoms with Gasteiger partial charge in [-0.1, -0.05) is 0 Å². The van der Waals surface area contributed by atoms with Crippen LogP contribution in [0.1, 0.15) is 6.42 Å². The Kier molecular flexibility index (Phi) is 4.08. The number of ether oxygens (including phenoxy) is 2. The normalized spacial score (nSPS) is 39.7. The lowest BCUT2D eigenvalue weighted by molar-refractivity contribution is -0.0643. The summed E-state index contributed by atoms with van der Waals surface area (Å²) in [4.78, 5) is 0. The lowest BCUT2D eigenvalue weighted by atomic mass is 10.2. The Morgan fingerprint density at radius 1 is 1.31 bits per heavy atom. The molecule has 5 nitrogen and oxygen atoms in total. The monoisotopic (exact) mass is 191 g/mol. The molecule has 0 spiro atoms. The highest BCUT2D eigenvalue weighted by atomic mass is 16.5. The Labute approximate surface area is 77.4 Å². The van der Waals surface area contributed by atoms with E-state index in [1.165, 1.54) is 0 Å². The molecule has 0 heterocycles. The van der Waals surface area contributed by atoms with E-state index < -0.39 is 12.2 Å². The summed E-state index contributed by atoms with van der Waals surface area (Å²) in [6.45, 7) is 0.895. The lowest BCUT2D eigenvalue weighted by Crippen LogP contribution is -2.36. The fourth-order valence-corrected chi connectivity index (χ4v) is 1.47. The van der Waals surface area contributed by atoms with Gasteiger partial charge in [-0.05, 0) is 6.42 Å². The third-order valence-electron chi connectivity index (χ3n) is 2.29. The highest BCUT2D eigenvalue weighted by molar-refractivity contribution is 4.94. The summed E-state index contributed by atoms with van der Waals surface area (Å²) >= 11 is 0. The van der Waals surface area contributed by atoms with E-state index in [0.29, 0.717) is 19.6 Å². The molecule has 0 amide bonds. The number of hydrogen-bond donors (Lipinski definition) is 3. The van der Waals surface area contributed by atoms with E-state index in [0.717, 1.165) is 0 Å². The molecule has 1 rings (SSSR count). The molecule has 1 fully saturated rings. The van der Waals surface area contributed by atoms with E-state index in [4.69, 9.17) is 15.2 Å². The van der Waals surface area contributed by atoms with Crippen LogP contribution in [-0.2, 0) is 9.47 Å². The summed E-state index contributed by atoms with van der Waals surface area (Å²) < 4.78 is 10.1. The van der Waals surface area contributed by atoms with Crippen molar-refractivity contribution in [1.29, 1.82) is 0 Å². The zero-order valence-electron chi connectivity index (χ0n) is 7.72. The molecule has 1 aliphatic rings. The molecule has 4 atom stereocenters. The summed E-state index contributed by atoms with van der Waals surface area (Å²) in [6.07, 6.45) is -1.61. The molecule has 0 bridgehead atoms. The van der Waals surface area contributed by atoms with Gasteiger partial charge in [0.2, 0.25) is 0 Å². The molecule has 0 saturated heterocycles. The molecule has 0 aromatic heterocycles. The molecule has 78 valence electrons. The fraction of sp³-hybridized carbons (Fsp3) is 1.00. The first-order valence-corrected chi connectivity index (χ1v) is 4.39. The zero-order valence-corrected chi connectivity index (χ0v) is 7.72. The van der Waals surface area contributed by atoms with Crippen LogP contribution in [0.5, 0.6) is 0 Å². The molecule has 0 aromatic rings. The van der Waals surface area contributed by atoms with Crippen molar-refractivity contribution in [3.05, 3.63) is 0 Å².